The van der Waals surface area contributed by atoms with Crippen LogP contribution in [0.15, 0.2) is 78.9 Å². The molecule has 32 heavy (non-hydrogen) atoms. The van der Waals surface area contributed by atoms with Gasteiger partial charge in [0.2, 0.25) is 0 Å². The standard InChI is InChI=1S/C28H33NO3/c1-4-21(2)26-14-8-9-15-27(26)32-22(3)28(30)29-24-16-18-25(19-17-24)31-20-10-13-23-11-6-5-7-12-23/h5-9,11-12,14-19,21-22H,4,10,13,20H2,1-3H3,(H,29,30). The molecule has 4 nitrogen and oxygen atoms in total. The summed E-state index contributed by atoms with van der Waals surface area (Å²) in [5.74, 6) is 1.76. The van der Waals surface area contributed by atoms with Crippen molar-refractivity contribution >= 4 is 11.6 Å². The average Bonchev–Trinajstić information content (AvgIpc) is 2.83. The number of aryl methyl sites for hydroxylation is 1. The fourth-order valence-electron chi connectivity index (χ4n) is 3.45. The first-order chi connectivity index (χ1) is 15.6. The van der Waals surface area contributed by atoms with Gasteiger partial charge >= 0.3 is 0 Å². The molecule has 0 aliphatic heterocycles. The lowest BCUT2D eigenvalue weighted by Gasteiger charge is -2.19. The Balaban J connectivity index is 1.47. The molecule has 0 saturated heterocycles. The highest BCUT2D eigenvalue weighted by Gasteiger charge is 2.18. The van der Waals surface area contributed by atoms with Gasteiger partial charge in [-0.2, -0.15) is 0 Å². The van der Waals surface area contributed by atoms with Gasteiger partial charge in [-0.3, -0.25) is 4.79 Å². The topological polar surface area (TPSA) is 47.6 Å². The zero-order valence-corrected chi connectivity index (χ0v) is 19.2. The van der Waals surface area contributed by atoms with E-state index in [2.05, 4.69) is 49.5 Å². The minimum atomic E-state index is -0.603. The molecule has 2 unspecified atom stereocenters. The van der Waals surface area contributed by atoms with Crippen LogP contribution in [0.5, 0.6) is 11.5 Å². The number of rotatable bonds is 11. The molecule has 4 heteroatoms. The highest BCUT2D eigenvalue weighted by Crippen LogP contribution is 2.29. The number of nitrogens with one attached hydrogen (secondary N) is 1. The summed E-state index contributed by atoms with van der Waals surface area (Å²) in [5, 5.41) is 2.92. The van der Waals surface area contributed by atoms with Crippen LogP contribution in [0.3, 0.4) is 0 Å². The van der Waals surface area contributed by atoms with E-state index in [-0.39, 0.29) is 5.91 Å². The Hall–Kier alpha value is -3.27. The van der Waals surface area contributed by atoms with Crippen LogP contribution < -0.4 is 14.8 Å². The van der Waals surface area contributed by atoms with E-state index < -0.39 is 6.10 Å². The van der Waals surface area contributed by atoms with Crippen molar-refractivity contribution in [1.29, 1.82) is 0 Å². The predicted octanol–water partition coefficient (Wildman–Crippen LogP) is 6.62. The number of amides is 1. The van der Waals surface area contributed by atoms with Gasteiger partial charge < -0.3 is 14.8 Å². The number of carbonyl (C=O) groups is 1. The van der Waals surface area contributed by atoms with Gasteiger partial charge in [0.25, 0.3) is 5.91 Å². The van der Waals surface area contributed by atoms with E-state index in [0.29, 0.717) is 12.5 Å². The number of hydrogen-bond acceptors (Lipinski definition) is 3. The SMILES string of the molecule is CCC(C)c1ccccc1OC(C)C(=O)Nc1ccc(OCCCc2ccccc2)cc1. The van der Waals surface area contributed by atoms with Crippen molar-refractivity contribution in [2.75, 3.05) is 11.9 Å². The molecule has 0 aliphatic carbocycles. The first kappa shape index (κ1) is 23.4. The van der Waals surface area contributed by atoms with Crippen LogP contribution in [0.25, 0.3) is 0 Å². The van der Waals surface area contributed by atoms with Gasteiger partial charge in [0.05, 0.1) is 6.61 Å². The van der Waals surface area contributed by atoms with Gasteiger partial charge in [0.15, 0.2) is 6.10 Å². The van der Waals surface area contributed by atoms with Crippen LogP contribution in [0.4, 0.5) is 5.69 Å². The fourth-order valence-corrected chi connectivity index (χ4v) is 3.45. The van der Waals surface area contributed by atoms with Crippen LogP contribution in [-0.2, 0) is 11.2 Å². The Morgan fingerprint density at radius 3 is 2.31 bits per heavy atom. The lowest BCUT2D eigenvalue weighted by atomic mass is 9.98. The number of para-hydroxylation sites is 1. The van der Waals surface area contributed by atoms with Crippen molar-refractivity contribution in [3.63, 3.8) is 0 Å². The molecular formula is C28H33NO3. The summed E-state index contributed by atoms with van der Waals surface area (Å²) in [4.78, 5) is 12.6. The highest BCUT2D eigenvalue weighted by molar-refractivity contribution is 5.94. The zero-order valence-electron chi connectivity index (χ0n) is 19.2. The van der Waals surface area contributed by atoms with Crippen molar-refractivity contribution in [1.82, 2.24) is 0 Å². The Labute approximate surface area is 191 Å². The van der Waals surface area contributed by atoms with Crippen LogP contribution in [-0.4, -0.2) is 18.6 Å². The predicted molar refractivity (Wildman–Crippen MR) is 131 cm³/mol. The van der Waals surface area contributed by atoms with E-state index in [4.69, 9.17) is 9.47 Å². The van der Waals surface area contributed by atoms with Crippen LogP contribution in [0, 0.1) is 0 Å². The Bertz CT molecular complexity index is 969. The van der Waals surface area contributed by atoms with Gasteiger partial charge in [-0.15, -0.1) is 0 Å². The molecule has 0 saturated carbocycles. The summed E-state index contributed by atoms with van der Waals surface area (Å²) in [6.45, 7) is 6.74. The monoisotopic (exact) mass is 431 g/mol. The second-order valence-electron chi connectivity index (χ2n) is 8.06. The maximum Gasteiger partial charge on any atom is 0.265 e. The summed E-state index contributed by atoms with van der Waals surface area (Å²) in [6, 6.07) is 25.8. The molecule has 1 amide bonds. The number of hydrogen-bond donors (Lipinski definition) is 1. The molecule has 3 aromatic rings. The largest absolute Gasteiger partial charge is 0.494 e. The van der Waals surface area contributed by atoms with Crippen molar-refractivity contribution in [3.8, 4) is 11.5 Å². The molecular weight excluding hydrogens is 398 g/mol. The Morgan fingerprint density at radius 2 is 1.59 bits per heavy atom. The van der Waals surface area contributed by atoms with E-state index in [9.17, 15) is 4.79 Å². The minimum absolute atomic E-state index is 0.180. The molecule has 0 aliphatic rings. The Kier molecular flexibility index (Phi) is 8.73. The molecule has 3 aromatic carbocycles. The summed E-state index contributed by atoms with van der Waals surface area (Å²) in [5.41, 5.74) is 3.16. The van der Waals surface area contributed by atoms with Gasteiger partial charge in [-0.1, -0.05) is 62.4 Å². The normalized spacial score (nSPS) is 12.6. The third kappa shape index (κ3) is 6.88. The average molecular weight is 432 g/mol. The molecule has 168 valence electrons. The van der Waals surface area contributed by atoms with Gasteiger partial charge in [-0.05, 0) is 73.6 Å². The van der Waals surface area contributed by atoms with E-state index in [0.717, 1.165) is 42.0 Å². The lowest BCUT2D eigenvalue weighted by Crippen LogP contribution is -2.30. The zero-order chi connectivity index (χ0) is 22.8. The van der Waals surface area contributed by atoms with Crippen molar-refractivity contribution in [2.45, 2.75) is 52.1 Å². The summed E-state index contributed by atoms with van der Waals surface area (Å²) >= 11 is 0. The fraction of sp³-hybridized carbons (Fsp3) is 0.321. The third-order valence-electron chi connectivity index (χ3n) is 5.58. The maximum atomic E-state index is 12.6. The molecule has 0 fully saturated rings. The molecule has 3 rings (SSSR count). The minimum Gasteiger partial charge on any atom is -0.494 e. The number of anilines is 1. The van der Waals surface area contributed by atoms with Crippen LogP contribution >= 0.6 is 0 Å². The van der Waals surface area contributed by atoms with Gasteiger partial charge in [0, 0.05) is 5.69 Å². The number of ether oxygens (including phenoxy) is 2. The first-order valence-corrected chi connectivity index (χ1v) is 11.4. The summed E-state index contributed by atoms with van der Waals surface area (Å²) < 4.78 is 11.8. The molecule has 2 atom stereocenters. The van der Waals surface area contributed by atoms with Crippen LogP contribution in [0.2, 0.25) is 0 Å². The van der Waals surface area contributed by atoms with Crippen molar-refractivity contribution in [3.05, 3.63) is 90.0 Å². The van der Waals surface area contributed by atoms with Crippen molar-refractivity contribution in [2.24, 2.45) is 0 Å². The molecule has 1 N–H and O–H groups in total. The highest BCUT2D eigenvalue weighted by atomic mass is 16.5. The van der Waals surface area contributed by atoms with E-state index in [1.165, 1.54) is 5.56 Å². The Morgan fingerprint density at radius 1 is 0.906 bits per heavy atom. The van der Waals surface area contributed by atoms with Crippen LogP contribution in [0.1, 0.15) is 50.7 Å². The second kappa shape index (κ2) is 11.9. The first-order valence-electron chi connectivity index (χ1n) is 11.4. The molecule has 0 heterocycles. The molecule has 0 spiro atoms. The summed E-state index contributed by atoms with van der Waals surface area (Å²) in [6.07, 6.45) is 2.36. The number of benzene rings is 3. The van der Waals surface area contributed by atoms with E-state index in [1.54, 1.807) is 6.92 Å². The molecule has 0 bridgehead atoms. The van der Waals surface area contributed by atoms with E-state index >= 15 is 0 Å². The molecule has 0 aromatic heterocycles. The quantitative estimate of drug-likeness (QED) is 0.347. The third-order valence-corrected chi connectivity index (χ3v) is 5.58. The van der Waals surface area contributed by atoms with Crippen molar-refractivity contribution < 1.29 is 14.3 Å². The summed E-state index contributed by atoms with van der Waals surface area (Å²) in [7, 11) is 0. The second-order valence-corrected chi connectivity index (χ2v) is 8.06. The lowest BCUT2D eigenvalue weighted by molar-refractivity contribution is -0.122. The van der Waals surface area contributed by atoms with Gasteiger partial charge in [-0.25, -0.2) is 0 Å². The van der Waals surface area contributed by atoms with E-state index in [1.807, 2.05) is 48.5 Å². The molecule has 0 radical (unpaired) electrons. The van der Waals surface area contributed by atoms with Gasteiger partial charge in [0.1, 0.15) is 11.5 Å². The number of carbonyl (C=O) groups excluding carboxylic acids is 1. The smallest absolute Gasteiger partial charge is 0.265 e. The maximum absolute atomic E-state index is 12.6.